The molecule has 0 aliphatic carbocycles. The summed E-state index contributed by atoms with van der Waals surface area (Å²) >= 11 is 0. The second-order valence-electron chi connectivity index (χ2n) is 2.19. The lowest BCUT2D eigenvalue weighted by atomic mass is 10.2. The molecule has 3 N–H and O–H groups in total. The van der Waals surface area contributed by atoms with Crippen LogP contribution in [0.3, 0.4) is 0 Å². The van der Waals surface area contributed by atoms with Crippen molar-refractivity contribution in [2.45, 2.75) is 6.92 Å². The first-order valence-electron chi connectivity index (χ1n) is 3.08. The molecule has 0 aromatic heterocycles. The highest BCUT2D eigenvalue weighted by atomic mass is 16.4. The van der Waals surface area contributed by atoms with Crippen molar-refractivity contribution in [2.24, 2.45) is 10.9 Å². The molecule has 0 radical (unpaired) electrons. The quantitative estimate of drug-likeness (QED) is 0.211. The Kier molecular flexibility index (Phi) is 3.73. The van der Waals surface area contributed by atoms with Crippen LogP contribution in [0, 0.1) is 0 Å². The lowest BCUT2D eigenvalue weighted by Gasteiger charge is -1.94. The van der Waals surface area contributed by atoms with E-state index in [-0.39, 0.29) is 5.84 Å². The summed E-state index contributed by atoms with van der Waals surface area (Å²) in [7, 11) is 0. The van der Waals surface area contributed by atoms with Crippen LogP contribution in [0.1, 0.15) is 6.92 Å². The van der Waals surface area contributed by atoms with Gasteiger partial charge in [-0.2, -0.15) is 0 Å². The zero-order chi connectivity index (χ0) is 8.85. The molecule has 60 valence electrons. The van der Waals surface area contributed by atoms with Gasteiger partial charge in [0, 0.05) is 5.57 Å². The molecule has 0 saturated carbocycles. The molecule has 0 aromatic carbocycles. The molecule has 0 rings (SSSR count). The molecule has 0 unspecified atom stereocenters. The summed E-state index contributed by atoms with van der Waals surface area (Å²) in [5, 5.41) is 11.0. The van der Waals surface area contributed by atoms with Crippen LogP contribution in [0.2, 0.25) is 0 Å². The Morgan fingerprint density at radius 2 is 2.00 bits per heavy atom. The maximum absolute atomic E-state index is 8.22. The highest BCUT2D eigenvalue weighted by Gasteiger charge is 1.92. The van der Waals surface area contributed by atoms with Crippen molar-refractivity contribution >= 4 is 5.84 Å². The molecular weight excluding hydrogens is 140 g/mol. The molecule has 0 saturated heterocycles. The lowest BCUT2D eigenvalue weighted by Crippen LogP contribution is -2.12. The van der Waals surface area contributed by atoms with E-state index in [0.717, 1.165) is 5.57 Å². The standard InChI is InChI=1S/C8H12N2O/c1-6(2)4-5-7(3)8(9)10-11/h4-5,11H,1,3H2,2H3,(H2,9,10)/b5-4-. The van der Waals surface area contributed by atoms with E-state index in [9.17, 15) is 0 Å². The van der Waals surface area contributed by atoms with Crippen molar-refractivity contribution in [2.75, 3.05) is 0 Å². The van der Waals surface area contributed by atoms with Gasteiger partial charge in [0.2, 0.25) is 0 Å². The number of allylic oxidation sites excluding steroid dienone is 2. The third-order valence-electron chi connectivity index (χ3n) is 1.01. The minimum atomic E-state index is 0.0162. The van der Waals surface area contributed by atoms with Gasteiger partial charge in [0.15, 0.2) is 5.84 Å². The Morgan fingerprint density at radius 3 is 2.36 bits per heavy atom. The number of hydrogen-bond acceptors (Lipinski definition) is 2. The van der Waals surface area contributed by atoms with Gasteiger partial charge in [-0.15, -0.1) is 0 Å². The van der Waals surface area contributed by atoms with E-state index in [1.807, 2.05) is 6.92 Å². The van der Waals surface area contributed by atoms with E-state index in [0.29, 0.717) is 5.57 Å². The molecule has 0 amide bonds. The summed E-state index contributed by atoms with van der Waals surface area (Å²) in [6.45, 7) is 9.04. The fourth-order valence-corrected chi connectivity index (χ4v) is 0.392. The van der Waals surface area contributed by atoms with Crippen molar-refractivity contribution in [3.8, 4) is 0 Å². The van der Waals surface area contributed by atoms with Crippen LogP contribution in [0.4, 0.5) is 0 Å². The summed E-state index contributed by atoms with van der Waals surface area (Å²) in [6, 6.07) is 0. The van der Waals surface area contributed by atoms with E-state index < -0.39 is 0 Å². The molecule has 0 aromatic rings. The van der Waals surface area contributed by atoms with Gasteiger partial charge in [-0.05, 0) is 6.92 Å². The predicted octanol–water partition coefficient (Wildman–Crippen LogP) is 1.42. The van der Waals surface area contributed by atoms with Crippen molar-refractivity contribution in [3.63, 3.8) is 0 Å². The average molecular weight is 152 g/mol. The van der Waals surface area contributed by atoms with E-state index in [2.05, 4.69) is 18.3 Å². The first-order valence-corrected chi connectivity index (χ1v) is 3.08. The molecular formula is C8H12N2O. The molecule has 0 aliphatic heterocycles. The molecule has 11 heavy (non-hydrogen) atoms. The van der Waals surface area contributed by atoms with Gasteiger partial charge in [-0.1, -0.05) is 36.0 Å². The van der Waals surface area contributed by atoms with Gasteiger partial charge in [0.25, 0.3) is 0 Å². The maximum Gasteiger partial charge on any atom is 0.169 e. The number of rotatable bonds is 3. The second kappa shape index (κ2) is 4.33. The largest absolute Gasteiger partial charge is 0.409 e. The molecule has 3 nitrogen and oxygen atoms in total. The molecule has 0 fully saturated rings. The number of amidine groups is 1. The van der Waals surface area contributed by atoms with Gasteiger partial charge >= 0.3 is 0 Å². The number of oxime groups is 1. The monoisotopic (exact) mass is 152 g/mol. The van der Waals surface area contributed by atoms with Crippen LogP contribution >= 0.6 is 0 Å². The first kappa shape index (κ1) is 9.49. The van der Waals surface area contributed by atoms with Gasteiger partial charge in [0.05, 0.1) is 0 Å². The summed E-state index contributed by atoms with van der Waals surface area (Å²) in [5.74, 6) is 0.0162. The molecule has 0 atom stereocenters. The predicted molar refractivity (Wildman–Crippen MR) is 46.5 cm³/mol. The fraction of sp³-hybridized carbons (Fsp3) is 0.125. The van der Waals surface area contributed by atoms with Crippen molar-refractivity contribution in [3.05, 3.63) is 36.5 Å². The van der Waals surface area contributed by atoms with Gasteiger partial charge in [-0.3, -0.25) is 0 Å². The normalized spacial score (nSPS) is 11.9. The minimum Gasteiger partial charge on any atom is -0.409 e. The van der Waals surface area contributed by atoms with E-state index >= 15 is 0 Å². The van der Waals surface area contributed by atoms with Crippen LogP contribution < -0.4 is 5.73 Å². The average Bonchev–Trinajstić information content (AvgIpc) is 1.98. The number of hydrogen-bond donors (Lipinski definition) is 2. The Morgan fingerprint density at radius 1 is 1.45 bits per heavy atom. The molecule has 3 heteroatoms. The highest BCUT2D eigenvalue weighted by molar-refractivity contribution is 5.98. The van der Waals surface area contributed by atoms with Crippen molar-refractivity contribution in [1.82, 2.24) is 0 Å². The van der Waals surface area contributed by atoms with Gasteiger partial charge in [0.1, 0.15) is 0 Å². The summed E-state index contributed by atoms with van der Waals surface area (Å²) in [4.78, 5) is 0. The smallest absolute Gasteiger partial charge is 0.169 e. The third kappa shape index (κ3) is 3.97. The van der Waals surface area contributed by atoms with E-state index in [1.54, 1.807) is 12.2 Å². The zero-order valence-electron chi connectivity index (χ0n) is 6.54. The SMILES string of the molecule is C=C(C)/C=C\C(=C)C(N)=NO. The summed E-state index contributed by atoms with van der Waals surface area (Å²) < 4.78 is 0. The first-order chi connectivity index (χ1) is 5.07. The Balaban J connectivity index is 4.19. The van der Waals surface area contributed by atoms with Crippen LogP contribution in [-0.2, 0) is 0 Å². The second-order valence-corrected chi connectivity index (χ2v) is 2.19. The van der Waals surface area contributed by atoms with Crippen molar-refractivity contribution in [1.29, 1.82) is 0 Å². The maximum atomic E-state index is 8.22. The molecule has 0 aliphatic rings. The van der Waals surface area contributed by atoms with Crippen LogP contribution in [0.5, 0.6) is 0 Å². The lowest BCUT2D eigenvalue weighted by molar-refractivity contribution is 0.318. The molecule has 0 heterocycles. The summed E-state index contributed by atoms with van der Waals surface area (Å²) in [6.07, 6.45) is 3.37. The van der Waals surface area contributed by atoms with Crippen LogP contribution in [0.15, 0.2) is 41.6 Å². The van der Waals surface area contributed by atoms with Crippen LogP contribution in [0.25, 0.3) is 0 Å². The highest BCUT2D eigenvalue weighted by Crippen LogP contribution is 1.96. The Bertz CT molecular complexity index is 226. The zero-order valence-corrected chi connectivity index (χ0v) is 6.54. The summed E-state index contributed by atoms with van der Waals surface area (Å²) in [5.41, 5.74) is 6.58. The number of nitrogens with two attached hydrogens (primary N) is 1. The van der Waals surface area contributed by atoms with Gasteiger partial charge in [-0.25, -0.2) is 0 Å². The molecule has 0 bridgehead atoms. The van der Waals surface area contributed by atoms with E-state index in [1.165, 1.54) is 0 Å². The Labute approximate surface area is 66.2 Å². The van der Waals surface area contributed by atoms with Crippen molar-refractivity contribution < 1.29 is 5.21 Å². The number of nitrogens with zero attached hydrogens (tertiary/aromatic N) is 1. The fourth-order valence-electron chi connectivity index (χ4n) is 0.392. The topological polar surface area (TPSA) is 58.6 Å². The van der Waals surface area contributed by atoms with Crippen LogP contribution in [-0.4, -0.2) is 11.0 Å². The third-order valence-corrected chi connectivity index (χ3v) is 1.01. The Hall–Kier alpha value is -1.51. The molecule has 0 spiro atoms. The van der Waals surface area contributed by atoms with E-state index in [4.69, 9.17) is 10.9 Å². The van der Waals surface area contributed by atoms with Gasteiger partial charge < -0.3 is 10.9 Å². The minimum absolute atomic E-state index is 0.0162.